The Hall–Kier alpha value is -1.86. The van der Waals surface area contributed by atoms with Crippen molar-refractivity contribution in [2.24, 2.45) is 0 Å². The zero-order chi connectivity index (χ0) is 15.6. The van der Waals surface area contributed by atoms with Gasteiger partial charge < -0.3 is 9.72 Å². The summed E-state index contributed by atoms with van der Waals surface area (Å²) in [5.41, 5.74) is 2.22. The van der Waals surface area contributed by atoms with Crippen molar-refractivity contribution in [3.63, 3.8) is 0 Å². The number of aromatic amines is 1. The molecule has 0 amide bonds. The van der Waals surface area contributed by atoms with Gasteiger partial charge in [0.15, 0.2) is 0 Å². The van der Waals surface area contributed by atoms with Gasteiger partial charge in [-0.3, -0.25) is 0 Å². The average Bonchev–Trinajstić information content (AvgIpc) is 2.96. The lowest BCUT2D eigenvalue weighted by Crippen LogP contribution is -2.23. The number of aryl methyl sites for hydroxylation is 2. The Bertz CT molecular complexity index is 727. The molecule has 0 spiro atoms. The number of benzene rings is 1. The number of H-pyrrole nitrogens is 1. The third-order valence-electron chi connectivity index (χ3n) is 3.80. The lowest BCUT2D eigenvalue weighted by Gasteiger charge is -2.07. The molecule has 0 atom stereocenters. The lowest BCUT2D eigenvalue weighted by atomic mass is 10.0. The first kappa shape index (κ1) is 15.1. The molecule has 0 fully saturated rings. The maximum absolute atomic E-state index is 12.3. The summed E-state index contributed by atoms with van der Waals surface area (Å²) in [5, 5.41) is 0. The van der Waals surface area contributed by atoms with E-state index in [1.165, 1.54) is 12.1 Å². The molecule has 118 valence electrons. The van der Waals surface area contributed by atoms with Crippen LogP contribution in [-0.2, 0) is 29.4 Å². The Kier molecular flexibility index (Phi) is 4.17. The molecule has 0 aliphatic heterocycles. The number of rotatable bonds is 5. The third-order valence-corrected chi connectivity index (χ3v) is 5.22. The summed E-state index contributed by atoms with van der Waals surface area (Å²) in [6.07, 6.45) is 4.27. The summed E-state index contributed by atoms with van der Waals surface area (Å²) >= 11 is 0. The van der Waals surface area contributed by atoms with Gasteiger partial charge in [-0.1, -0.05) is 0 Å². The molecule has 1 heterocycles. The van der Waals surface area contributed by atoms with Gasteiger partial charge in [0.1, 0.15) is 11.6 Å². The summed E-state index contributed by atoms with van der Waals surface area (Å²) in [4.78, 5) is 7.90. The van der Waals surface area contributed by atoms with Crippen LogP contribution in [0.15, 0.2) is 29.2 Å². The molecular weight excluding hydrogens is 302 g/mol. The molecule has 7 heteroatoms. The highest BCUT2D eigenvalue weighted by Crippen LogP contribution is 2.19. The van der Waals surface area contributed by atoms with E-state index in [4.69, 9.17) is 4.74 Å². The molecule has 0 saturated heterocycles. The van der Waals surface area contributed by atoms with Crippen LogP contribution in [0.25, 0.3) is 0 Å². The van der Waals surface area contributed by atoms with E-state index >= 15 is 0 Å². The highest BCUT2D eigenvalue weighted by Gasteiger charge is 2.17. The first-order chi connectivity index (χ1) is 10.6. The molecular formula is C15H19N3O3S. The van der Waals surface area contributed by atoms with Crippen molar-refractivity contribution in [2.45, 2.75) is 37.1 Å². The number of nitrogens with one attached hydrogen (secondary N) is 2. The van der Waals surface area contributed by atoms with Crippen molar-refractivity contribution in [3.8, 4) is 5.75 Å². The van der Waals surface area contributed by atoms with E-state index in [0.717, 1.165) is 37.1 Å². The van der Waals surface area contributed by atoms with Gasteiger partial charge in [-0.2, -0.15) is 0 Å². The Morgan fingerprint density at radius 2 is 1.95 bits per heavy atom. The van der Waals surface area contributed by atoms with Gasteiger partial charge in [0.25, 0.3) is 0 Å². The van der Waals surface area contributed by atoms with Crippen molar-refractivity contribution in [3.05, 3.63) is 41.5 Å². The molecule has 1 aliphatic carbocycles. The van der Waals surface area contributed by atoms with E-state index in [2.05, 4.69) is 14.7 Å². The number of nitrogens with zero attached hydrogens (tertiary/aromatic N) is 1. The second-order valence-electron chi connectivity index (χ2n) is 5.32. The molecule has 0 saturated carbocycles. The smallest absolute Gasteiger partial charge is 0.240 e. The predicted octanol–water partition coefficient (Wildman–Crippen LogP) is 1.78. The van der Waals surface area contributed by atoms with Crippen LogP contribution in [0.3, 0.4) is 0 Å². The molecule has 0 radical (unpaired) electrons. The molecule has 2 aromatic rings. The Morgan fingerprint density at radius 1 is 1.23 bits per heavy atom. The van der Waals surface area contributed by atoms with Crippen LogP contribution >= 0.6 is 0 Å². The Morgan fingerprint density at radius 3 is 2.64 bits per heavy atom. The predicted molar refractivity (Wildman–Crippen MR) is 82.2 cm³/mol. The molecule has 1 aromatic carbocycles. The van der Waals surface area contributed by atoms with Gasteiger partial charge in [-0.05, 0) is 49.9 Å². The number of imidazole rings is 1. The van der Waals surface area contributed by atoms with Crippen molar-refractivity contribution >= 4 is 10.0 Å². The number of aromatic nitrogens is 2. The van der Waals surface area contributed by atoms with Crippen molar-refractivity contribution < 1.29 is 13.2 Å². The highest BCUT2D eigenvalue weighted by molar-refractivity contribution is 7.89. The summed E-state index contributed by atoms with van der Waals surface area (Å²) in [6.45, 7) is 0.168. The quantitative estimate of drug-likeness (QED) is 0.879. The van der Waals surface area contributed by atoms with Gasteiger partial charge in [-0.15, -0.1) is 0 Å². The lowest BCUT2D eigenvalue weighted by molar-refractivity contribution is 0.414. The summed E-state index contributed by atoms with van der Waals surface area (Å²) in [7, 11) is -2.01. The molecule has 1 aliphatic rings. The number of ether oxygens (including phenoxy) is 1. The molecule has 0 bridgehead atoms. The first-order valence-electron chi connectivity index (χ1n) is 7.29. The number of methoxy groups -OCH3 is 1. The maximum atomic E-state index is 12.3. The van der Waals surface area contributed by atoms with Crippen molar-refractivity contribution in [2.75, 3.05) is 7.11 Å². The van der Waals surface area contributed by atoms with E-state index in [1.807, 2.05) is 0 Å². The van der Waals surface area contributed by atoms with E-state index in [-0.39, 0.29) is 11.4 Å². The zero-order valence-electron chi connectivity index (χ0n) is 12.4. The summed E-state index contributed by atoms with van der Waals surface area (Å²) in [5.74, 6) is 1.29. The van der Waals surface area contributed by atoms with E-state index in [9.17, 15) is 8.42 Å². The van der Waals surface area contributed by atoms with E-state index in [1.54, 1.807) is 19.2 Å². The van der Waals surface area contributed by atoms with Gasteiger partial charge >= 0.3 is 0 Å². The highest BCUT2D eigenvalue weighted by atomic mass is 32.2. The van der Waals surface area contributed by atoms with Gasteiger partial charge in [0, 0.05) is 5.69 Å². The van der Waals surface area contributed by atoms with Crippen LogP contribution < -0.4 is 9.46 Å². The Labute approximate surface area is 130 Å². The maximum Gasteiger partial charge on any atom is 0.240 e. The van der Waals surface area contributed by atoms with Crippen LogP contribution in [0.2, 0.25) is 0 Å². The largest absolute Gasteiger partial charge is 0.497 e. The van der Waals surface area contributed by atoms with Gasteiger partial charge in [-0.25, -0.2) is 18.1 Å². The number of hydrogen-bond donors (Lipinski definition) is 2. The van der Waals surface area contributed by atoms with Crippen molar-refractivity contribution in [1.82, 2.24) is 14.7 Å². The fourth-order valence-electron chi connectivity index (χ4n) is 2.60. The number of fused-ring (bicyclic) bond motifs is 1. The van der Waals surface area contributed by atoms with Crippen LogP contribution in [0.4, 0.5) is 0 Å². The molecule has 22 heavy (non-hydrogen) atoms. The van der Waals surface area contributed by atoms with Crippen LogP contribution in [0.1, 0.15) is 30.1 Å². The number of hydrogen-bond acceptors (Lipinski definition) is 4. The number of sulfonamides is 1. The molecule has 1 aromatic heterocycles. The summed E-state index contributed by atoms with van der Waals surface area (Å²) in [6, 6.07) is 6.29. The standard InChI is InChI=1S/C15H19N3O3S/c1-21-11-6-8-12(9-7-11)22(19,20)16-10-15-17-13-4-2-3-5-14(13)18-15/h6-9,16H,2-5,10H2,1H3,(H,17,18). The summed E-state index contributed by atoms with van der Waals surface area (Å²) < 4.78 is 32.1. The Balaban J connectivity index is 1.70. The second kappa shape index (κ2) is 6.10. The normalized spacial score (nSPS) is 14.6. The molecule has 6 nitrogen and oxygen atoms in total. The van der Waals surface area contributed by atoms with Gasteiger partial charge in [0.2, 0.25) is 10.0 Å². The topological polar surface area (TPSA) is 84.1 Å². The van der Waals surface area contributed by atoms with Crippen LogP contribution in [-0.4, -0.2) is 25.5 Å². The van der Waals surface area contributed by atoms with E-state index in [0.29, 0.717) is 11.6 Å². The first-order valence-corrected chi connectivity index (χ1v) is 8.77. The fraction of sp³-hybridized carbons (Fsp3) is 0.400. The van der Waals surface area contributed by atoms with Crippen molar-refractivity contribution in [1.29, 1.82) is 0 Å². The zero-order valence-corrected chi connectivity index (χ0v) is 13.2. The molecule has 3 rings (SSSR count). The minimum absolute atomic E-state index is 0.168. The third kappa shape index (κ3) is 3.15. The minimum Gasteiger partial charge on any atom is -0.497 e. The van der Waals surface area contributed by atoms with Crippen LogP contribution in [0.5, 0.6) is 5.75 Å². The van der Waals surface area contributed by atoms with E-state index < -0.39 is 10.0 Å². The molecule has 2 N–H and O–H groups in total. The molecule has 0 unspecified atom stereocenters. The SMILES string of the molecule is COc1ccc(S(=O)(=O)NCc2nc3c([nH]2)CCCC3)cc1. The van der Waals surface area contributed by atoms with Crippen LogP contribution in [0, 0.1) is 0 Å². The fourth-order valence-corrected chi connectivity index (χ4v) is 3.59. The van der Waals surface area contributed by atoms with Gasteiger partial charge in [0.05, 0.1) is 24.2 Å². The minimum atomic E-state index is -3.55. The average molecular weight is 321 g/mol. The monoisotopic (exact) mass is 321 g/mol. The second-order valence-corrected chi connectivity index (χ2v) is 7.08.